The molecule has 11 heteroatoms. The monoisotopic (exact) mass is 626 g/mol. The van der Waals surface area contributed by atoms with Gasteiger partial charge in [0, 0.05) is 37.8 Å². The lowest BCUT2D eigenvalue weighted by molar-refractivity contribution is -0.0707. The summed E-state index contributed by atoms with van der Waals surface area (Å²) in [6, 6.07) is 19.2. The molecule has 2 aliphatic heterocycles. The molecular formula is C33H39FN2O7S. The summed E-state index contributed by atoms with van der Waals surface area (Å²) in [5, 5.41) is 36.6. The van der Waals surface area contributed by atoms with E-state index >= 15 is 4.39 Å². The Hall–Kier alpha value is -3.35. The fraction of sp³-hybridized carbons (Fsp3) is 0.424. The maximum absolute atomic E-state index is 15.8. The van der Waals surface area contributed by atoms with Crippen molar-refractivity contribution in [2.45, 2.75) is 60.4 Å². The van der Waals surface area contributed by atoms with Crippen LogP contribution >= 0.6 is 0 Å². The quantitative estimate of drug-likeness (QED) is 0.244. The molecule has 3 aromatic rings. The SMILES string of the molecule is C[C@@H]1NC[C@@H](c2ccccc2)S(=O)(=O)C1Cc1ccc(C2(C(O)C(O)CNC(=O)c3ccccc3O)CCOCC2)cc1F. The Morgan fingerprint density at radius 3 is 2.43 bits per heavy atom. The molecule has 2 saturated heterocycles. The molecule has 236 valence electrons. The zero-order chi connectivity index (χ0) is 31.5. The van der Waals surface area contributed by atoms with Crippen molar-refractivity contribution < 1.29 is 37.7 Å². The largest absolute Gasteiger partial charge is 0.507 e. The second-order valence-corrected chi connectivity index (χ2v) is 14.1. The molecule has 2 fully saturated rings. The number of phenolic OH excluding ortho intramolecular Hbond substituents is 1. The number of hydrogen-bond acceptors (Lipinski definition) is 8. The number of carbonyl (C=O) groups excluding carboxylic acids is 1. The molecule has 5 N–H and O–H groups in total. The number of benzene rings is 3. The van der Waals surface area contributed by atoms with E-state index in [1.165, 1.54) is 18.2 Å². The first kappa shape index (κ1) is 32.1. The summed E-state index contributed by atoms with van der Waals surface area (Å²) >= 11 is 0. The van der Waals surface area contributed by atoms with Crippen LogP contribution in [0.1, 0.15) is 52.1 Å². The molecule has 0 saturated carbocycles. The first-order chi connectivity index (χ1) is 21.0. The third kappa shape index (κ3) is 6.38. The van der Waals surface area contributed by atoms with Crippen molar-refractivity contribution in [2.75, 3.05) is 26.3 Å². The molecule has 0 bridgehead atoms. The van der Waals surface area contributed by atoms with Gasteiger partial charge in [-0.05, 0) is 61.1 Å². The average Bonchev–Trinajstić information content (AvgIpc) is 3.02. The molecule has 5 atom stereocenters. The standard InChI is InChI=1S/C33H39FN2O7S/c1-21-29(44(41,42)30(20-35-21)22-7-3-2-4-8-22)17-23-11-12-24(18-26(23)34)33(13-15-43-16-14-33)31(39)28(38)19-36-32(40)25-9-5-6-10-27(25)37/h2-12,18,21,28-31,35,37-39H,13-17,19-20H2,1H3,(H,36,40)/t21-,28?,29?,30-,31?/m0/s1. The highest BCUT2D eigenvalue weighted by molar-refractivity contribution is 7.92. The predicted octanol–water partition coefficient (Wildman–Crippen LogP) is 2.79. The number of aliphatic hydroxyl groups excluding tert-OH is 2. The van der Waals surface area contributed by atoms with Gasteiger partial charge < -0.3 is 30.7 Å². The average molecular weight is 627 g/mol. The van der Waals surface area contributed by atoms with E-state index in [0.717, 1.165) is 0 Å². The Balaban J connectivity index is 1.35. The zero-order valence-corrected chi connectivity index (χ0v) is 25.3. The number of hydrogen-bond donors (Lipinski definition) is 5. The van der Waals surface area contributed by atoms with E-state index in [4.69, 9.17) is 4.74 Å². The van der Waals surface area contributed by atoms with E-state index in [2.05, 4.69) is 10.6 Å². The van der Waals surface area contributed by atoms with E-state index in [0.29, 0.717) is 24.0 Å². The van der Waals surface area contributed by atoms with Crippen LogP contribution in [0.15, 0.2) is 72.8 Å². The van der Waals surface area contributed by atoms with E-state index in [-0.39, 0.29) is 55.6 Å². The maximum atomic E-state index is 15.8. The van der Waals surface area contributed by atoms with Crippen LogP contribution in [-0.2, 0) is 26.4 Å². The summed E-state index contributed by atoms with van der Waals surface area (Å²) in [6.07, 6.45) is -2.20. The van der Waals surface area contributed by atoms with Gasteiger partial charge in [-0.1, -0.05) is 54.6 Å². The Morgan fingerprint density at radius 1 is 1.07 bits per heavy atom. The van der Waals surface area contributed by atoms with Gasteiger partial charge in [-0.3, -0.25) is 4.79 Å². The van der Waals surface area contributed by atoms with E-state index in [1.54, 1.807) is 55.5 Å². The molecule has 9 nitrogen and oxygen atoms in total. The van der Waals surface area contributed by atoms with Crippen LogP contribution in [0, 0.1) is 5.82 Å². The highest BCUT2D eigenvalue weighted by Crippen LogP contribution is 2.40. The molecular weight excluding hydrogens is 587 g/mol. The summed E-state index contributed by atoms with van der Waals surface area (Å²) in [5.41, 5.74) is 0.365. The van der Waals surface area contributed by atoms with Crippen LogP contribution in [0.25, 0.3) is 0 Å². The topological polar surface area (TPSA) is 145 Å². The number of aliphatic hydroxyl groups is 2. The van der Waals surface area contributed by atoms with Crippen LogP contribution in [0.5, 0.6) is 5.75 Å². The number of phenols is 1. The molecule has 5 rings (SSSR count). The van der Waals surface area contributed by atoms with E-state index < -0.39 is 49.7 Å². The molecule has 2 heterocycles. The van der Waals surface area contributed by atoms with Crippen LogP contribution in [-0.4, -0.2) is 79.4 Å². The van der Waals surface area contributed by atoms with Gasteiger partial charge in [0.15, 0.2) is 9.84 Å². The van der Waals surface area contributed by atoms with Crippen LogP contribution in [0.2, 0.25) is 0 Å². The summed E-state index contributed by atoms with van der Waals surface area (Å²) in [7, 11) is -3.65. The number of rotatable bonds is 9. The number of amides is 1. The van der Waals surface area contributed by atoms with Crippen LogP contribution in [0.3, 0.4) is 0 Å². The van der Waals surface area contributed by atoms with Crippen molar-refractivity contribution in [1.29, 1.82) is 0 Å². The Kier molecular flexibility index (Phi) is 9.71. The minimum Gasteiger partial charge on any atom is -0.507 e. The lowest BCUT2D eigenvalue weighted by Gasteiger charge is -2.43. The van der Waals surface area contributed by atoms with Crippen LogP contribution < -0.4 is 10.6 Å². The van der Waals surface area contributed by atoms with Gasteiger partial charge in [0.2, 0.25) is 0 Å². The number of sulfone groups is 1. The fourth-order valence-corrected chi connectivity index (χ4v) is 8.84. The van der Waals surface area contributed by atoms with Crippen molar-refractivity contribution in [3.8, 4) is 5.75 Å². The number of para-hydroxylation sites is 1. The van der Waals surface area contributed by atoms with Gasteiger partial charge in [-0.2, -0.15) is 0 Å². The highest BCUT2D eigenvalue weighted by Gasteiger charge is 2.46. The number of aromatic hydroxyl groups is 1. The first-order valence-corrected chi connectivity index (χ1v) is 16.5. The van der Waals surface area contributed by atoms with Crippen molar-refractivity contribution in [3.63, 3.8) is 0 Å². The third-order valence-corrected chi connectivity index (χ3v) is 11.8. The van der Waals surface area contributed by atoms with Crippen molar-refractivity contribution >= 4 is 15.7 Å². The lowest BCUT2D eigenvalue weighted by atomic mass is 9.68. The summed E-state index contributed by atoms with van der Waals surface area (Å²) in [6.45, 7) is 2.33. The van der Waals surface area contributed by atoms with E-state index in [9.17, 15) is 28.5 Å². The van der Waals surface area contributed by atoms with Gasteiger partial charge in [0.05, 0.1) is 28.3 Å². The molecule has 0 aromatic heterocycles. The van der Waals surface area contributed by atoms with Gasteiger partial charge in [0.1, 0.15) is 11.6 Å². The van der Waals surface area contributed by atoms with Gasteiger partial charge in [-0.15, -0.1) is 0 Å². The van der Waals surface area contributed by atoms with Crippen molar-refractivity contribution in [3.05, 3.63) is 101 Å². The molecule has 1 amide bonds. The predicted molar refractivity (Wildman–Crippen MR) is 164 cm³/mol. The minimum atomic E-state index is -3.65. The number of halogens is 1. The fourth-order valence-electron chi connectivity index (χ4n) is 6.47. The van der Waals surface area contributed by atoms with Crippen molar-refractivity contribution in [1.82, 2.24) is 10.6 Å². The molecule has 0 spiro atoms. The summed E-state index contributed by atoms with van der Waals surface area (Å²) in [5.74, 6) is -1.41. The van der Waals surface area contributed by atoms with Crippen molar-refractivity contribution in [2.24, 2.45) is 0 Å². The Labute approximate surface area is 257 Å². The summed E-state index contributed by atoms with van der Waals surface area (Å²) in [4.78, 5) is 12.6. The van der Waals surface area contributed by atoms with Gasteiger partial charge in [0.25, 0.3) is 5.91 Å². The van der Waals surface area contributed by atoms with E-state index in [1.807, 2.05) is 6.07 Å². The lowest BCUT2D eigenvalue weighted by Crippen LogP contribution is -2.53. The molecule has 3 aromatic carbocycles. The first-order valence-electron chi connectivity index (χ1n) is 14.8. The normalized spacial score (nSPS) is 24.2. The van der Waals surface area contributed by atoms with Gasteiger partial charge >= 0.3 is 0 Å². The van der Waals surface area contributed by atoms with Gasteiger partial charge in [-0.25, -0.2) is 12.8 Å². The molecule has 44 heavy (non-hydrogen) atoms. The smallest absolute Gasteiger partial charge is 0.255 e. The molecule has 2 aliphatic rings. The number of nitrogens with one attached hydrogen (secondary N) is 2. The van der Waals surface area contributed by atoms with Crippen LogP contribution in [0.4, 0.5) is 4.39 Å². The Bertz CT molecular complexity index is 1560. The molecule has 0 aliphatic carbocycles. The molecule has 0 radical (unpaired) electrons. The minimum absolute atomic E-state index is 0.0222. The second kappa shape index (κ2) is 13.3. The summed E-state index contributed by atoms with van der Waals surface area (Å²) < 4.78 is 48.7. The molecule has 3 unspecified atom stereocenters. The highest BCUT2D eigenvalue weighted by atomic mass is 32.2. The number of carbonyl (C=O) groups is 1. The second-order valence-electron chi connectivity index (χ2n) is 11.7. The Morgan fingerprint density at radius 2 is 1.75 bits per heavy atom. The maximum Gasteiger partial charge on any atom is 0.255 e. The zero-order valence-electron chi connectivity index (χ0n) is 24.5. The third-order valence-electron chi connectivity index (χ3n) is 9.16. The number of ether oxygens (including phenoxy) is 1.